The second-order valence-electron chi connectivity index (χ2n) is 3.70. The number of hydrogen-bond acceptors (Lipinski definition) is 4. The molecule has 1 aliphatic carbocycles. The molecule has 1 aliphatic rings. The van der Waals surface area contributed by atoms with E-state index in [1.165, 1.54) is 0 Å². The van der Waals surface area contributed by atoms with Gasteiger partial charge in [0.15, 0.2) is 0 Å². The second-order valence-corrected chi connectivity index (χ2v) is 3.70. The van der Waals surface area contributed by atoms with Crippen LogP contribution >= 0.6 is 0 Å². The van der Waals surface area contributed by atoms with Crippen LogP contribution in [0, 0.1) is 0 Å². The van der Waals surface area contributed by atoms with Crippen molar-refractivity contribution in [2.24, 2.45) is 11.5 Å². The summed E-state index contributed by atoms with van der Waals surface area (Å²) in [5.41, 5.74) is 10.4. The van der Waals surface area contributed by atoms with Gasteiger partial charge in [0.2, 0.25) is 5.91 Å². The zero-order chi connectivity index (χ0) is 11.3. The SMILES string of the molecule is NC(=O)OCCC[C@H](N)C(=O)NC1CC1. The van der Waals surface area contributed by atoms with E-state index >= 15 is 0 Å². The Kier molecular flexibility index (Phi) is 4.36. The van der Waals surface area contributed by atoms with E-state index in [0.717, 1.165) is 12.8 Å². The molecule has 2 amide bonds. The van der Waals surface area contributed by atoms with Crippen molar-refractivity contribution in [1.82, 2.24) is 5.32 Å². The summed E-state index contributed by atoms with van der Waals surface area (Å²) in [6, 6.07) is -0.201. The summed E-state index contributed by atoms with van der Waals surface area (Å²) in [6.45, 7) is 0.208. The molecule has 1 saturated carbocycles. The van der Waals surface area contributed by atoms with Gasteiger partial charge in [-0.25, -0.2) is 4.79 Å². The van der Waals surface area contributed by atoms with Gasteiger partial charge in [0.25, 0.3) is 0 Å². The van der Waals surface area contributed by atoms with Crippen molar-refractivity contribution < 1.29 is 14.3 Å². The predicted molar refractivity (Wildman–Crippen MR) is 53.9 cm³/mol. The predicted octanol–water partition coefficient (Wildman–Crippen LogP) is -0.532. The maximum Gasteiger partial charge on any atom is 0.404 e. The van der Waals surface area contributed by atoms with Crippen molar-refractivity contribution in [2.45, 2.75) is 37.8 Å². The molecule has 6 heteroatoms. The highest BCUT2D eigenvalue weighted by atomic mass is 16.5. The smallest absolute Gasteiger partial charge is 0.404 e. The molecule has 1 atom stereocenters. The van der Waals surface area contributed by atoms with E-state index in [1.807, 2.05) is 0 Å². The number of hydrogen-bond donors (Lipinski definition) is 3. The van der Waals surface area contributed by atoms with Crippen LogP contribution in [0.1, 0.15) is 25.7 Å². The number of rotatable bonds is 6. The molecule has 0 aliphatic heterocycles. The molecule has 15 heavy (non-hydrogen) atoms. The van der Waals surface area contributed by atoms with Gasteiger partial charge in [0, 0.05) is 6.04 Å². The van der Waals surface area contributed by atoms with Crippen molar-refractivity contribution >= 4 is 12.0 Å². The van der Waals surface area contributed by atoms with Crippen molar-refractivity contribution in [1.29, 1.82) is 0 Å². The first-order valence-corrected chi connectivity index (χ1v) is 5.08. The van der Waals surface area contributed by atoms with Crippen LogP contribution in [-0.2, 0) is 9.53 Å². The van der Waals surface area contributed by atoms with E-state index in [0.29, 0.717) is 18.9 Å². The lowest BCUT2D eigenvalue weighted by Gasteiger charge is -2.11. The third-order valence-corrected chi connectivity index (χ3v) is 2.16. The number of primary amides is 1. The van der Waals surface area contributed by atoms with Gasteiger partial charge in [-0.3, -0.25) is 4.79 Å². The Morgan fingerprint density at radius 3 is 2.67 bits per heavy atom. The number of ether oxygens (including phenoxy) is 1. The lowest BCUT2D eigenvalue weighted by molar-refractivity contribution is -0.122. The van der Waals surface area contributed by atoms with Gasteiger partial charge < -0.3 is 21.5 Å². The summed E-state index contributed by atoms with van der Waals surface area (Å²) in [5, 5.41) is 2.81. The molecule has 5 N–H and O–H groups in total. The molecule has 0 saturated heterocycles. The summed E-state index contributed by atoms with van der Waals surface area (Å²) >= 11 is 0. The van der Waals surface area contributed by atoms with Crippen LogP contribution in [0.25, 0.3) is 0 Å². The molecule has 0 bridgehead atoms. The topological polar surface area (TPSA) is 107 Å². The average molecular weight is 215 g/mol. The third-order valence-electron chi connectivity index (χ3n) is 2.16. The molecule has 0 aromatic carbocycles. The van der Waals surface area contributed by atoms with Crippen molar-refractivity contribution in [2.75, 3.05) is 6.61 Å². The third kappa shape index (κ3) is 5.21. The van der Waals surface area contributed by atoms with Gasteiger partial charge in [-0.1, -0.05) is 0 Å². The van der Waals surface area contributed by atoms with Crippen molar-refractivity contribution in [3.63, 3.8) is 0 Å². The van der Waals surface area contributed by atoms with Crippen LogP contribution < -0.4 is 16.8 Å². The summed E-state index contributed by atoms with van der Waals surface area (Å²) < 4.78 is 4.52. The Labute approximate surface area is 88.3 Å². The number of amides is 2. The van der Waals surface area contributed by atoms with Crippen molar-refractivity contribution in [3.8, 4) is 0 Å². The van der Waals surface area contributed by atoms with Gasteiger partial charge in [-0.15, -0.1) is 0 Å². The molecular formula is C9H17N3O3. The number of carbonyl (C=O) groups excluding carboxylic acids is 2. The number of nitrogens with one attached hydrogen (secondary N) is 1. The lowest BCUT2D eigenvalue weighted by atomic mass is 10.1. The van der Waals surface area contributed by atoms with E-state index in [1.54, 1.807) is 0 Å². The highest BCUT2D eigenvalue weighted by Gasteiger charge is 2.25. The standard InChI is InChI=1S/C9H17N3O3/c10-7(2-1-5-15-9(11)14)8(13)12-6-3-4-6/h6-7H,1-5,10H2,(H2,11,14)(H,12,13)/t7-/m0/s1. The molecule has 1 rings (SSSR count). The molecule has 1 fully saturated rings. The summed E-state index contributed by atoms with van der Waals surface area (Å²) in [6.07, 6.45) is 2.33. The van der Waals surface area contributed by atoms with Crippen molar-refractivity contribution in [3.05, 3.63) is 0 Å². The minimum atomic E-state index is -0.800. The Balaban J connectivity index is 2.03. The first-order chi connectivity index (χ1) is 7.09. The highest BCUT2D eigenvalue weighted by molar-refractivity contribution is 5.81. The minimum absolute atomic E-state index is 0.128. The van der Waals surface area contributed by atoms with Crippen LogP contribution in [0.15, 0.2) is 0 Å². The zero-order valence-electron chi connectivity index (χ0n) is 8.57. The molecule has 6 nitrogen and oxygen atoms in total. The van der Waals surface area contributed by atoms with Crippen LogP contribution in [0.3, 0.4) is 0 Å². The largest absolute Gasteiger partial charge is 0.450 e. The van der Waals surface area contributed by atoms with Crippen LogP contribution in [0.4, 0.5) is 4.79 Å². The Morgan fingerprint density at radius 2 is 2.13 bits per heavy atom. The van der Waals surface area contributed by atoms with Gasteiger partial charge in [0.05, 0.1) is 12.6 Å². The minimum Gasteiger partial charge on any atom is -0.450 e. The Morgan fingerprint density at radius 1 is 1.47 bits per heavy atom. The fourth-order valence-corrected chi connectivity index (χ4v) is 1.14. The van der Waals surface area contributed by atoms with Crippen LogP contribution in [-0.4, -0.2) is 30.7 Å². The quantitative estimate of drug-likeness (QED) is 0.517. The number of nitrogens with two attached hydrogens (primary N) is 2. The molecule has 0 radical (unpaired) electrons. The summed E-state index contributed by atoms with van der Waals surface area (Å²) in [7, 11) is 0. The van der Waals surface area contributed by atoms with Crippen LogP contribution in [0.5, 0.6) is 0 Å². The average Bonchev–Trinajstić information content (AvgIpc) is 2.95. The molecule has 0 unspecified atom stereocenters. The van der Waals surface area contributed by atoms with Gasteiger partial charge >= 0.3 is 6.09 Å². The maximum atomic E-state index is 11.4. The fourth-order valence-electron chi connectivity index (χ4n) is 1.14. The van der Waals surface area contributed by atoms with E-state index in [2.05, 4.69) is 10.1 Å². The van der Waals surface area contributed by atoms with E-state index < -0.39 is 12.1 Å². The van der Waals surface area contributed by atoms with Crippen LogP contribution in [0.2, 0.25) is 0 Å². The molecule has 0 aromatic heterocycles. The zero-order valence-corrected chi connectivity index (χ0v) is 8.57. The molecule has 0 aromatic rings. The first-order valence-electron chi connectivity index (χ1n) is 5.08. The number of carbonyl (C=O) groups is 2. The molecule has 86 valence electrons. The Hall–Kier alpha value is -1.30. The van der Waals surface area contributed by atoms with E-state index in [9.17, 15) is 9.59 Å². The van der Waals surface area contributed by atoms with E-state index in [-0.39, 0.29) is 12.5 Å². The summed E-state index contributed by atoms with van der Waals surface area (Å²) in [4.78, 5) is 21.6. The summed E-state index contributed by atoms with van der Waals surface area (Å²) in [5.74, 6) is -0.128. The molecule has 0 heterocycles. The monoisotopic (exact) mass is 215 g/mol. The molecule has 0 spiro atoms. The molecular weight excluding hydrogens is 198 g/mol. The highest BCUT2D eigenvalue weighted by Crippen LogP contribution is 2.18. The normalized spacial score (nSPS) is 16.9. The van der Waals surface area contributed by atoms with Gasteiger partial charge in [-0.2, -0.15) is 0 Å². The van der Waals surface area contributed by atoms with E-state index in [4.69, 9.17) is 11.5 Å². The van der Waals surface area contributed by atoms with Gasteiger partial charge in [0.1, 0.15) is 0 Å². The first kappa shape index (κ1) is 11.8. The fraction of sp³-hybridized carbons (Fsp3) is 0.778. The van der Waals surface area contributed by atoms with Gasteiger partial charge in [-0.05, 0) is 25.7 Å². The maximum absolute atomic E-state index is 11.4. The lowest BCUT2D eigenvalue weighted by Crippen LogP contribution is -2.41. The second kappa shape index (κ2) is 5.55. The Bertz CT molecular complexity index is 241.